The van der Waals surface area contributed by atoms with Crippen molar-refractivity contribution in [1.82, 2.24) is 4.98 Å². The third-order valence-corrected chi connectivity index (χ3v) is 5.21. The fourth-order valence-electron chi connectivity index (χ4n) is 3.85. The molecule has 2 aromatic carbocycles. The van der Waals surface area contributed by atoms with Crippen molar-refractivity contribution in [2.75, 3.05) is 5.32 Å². The van der Waals surface area contributed by atoms with Crippen LogP contribution in [0.3, 0.4) is 0 Å². The number of nitrogens with zero attached hydrogens (tertiary/aromatic N) is 1. The van der Waals surface area contributed by atoms with Crippen LogP contribution in [0.25, 0.3) is 10.9 Å². The Morgan fingerprint density at radius 3 is 2.76 bits per heavy atom. The summed E-state index contributed by atoms with van der Waals surface area (Å²) in [5.74, 6) is 0.0150. The number of para-hydroxylation sites is 1. The van der Waals surface area contributed by atoms with Gasteiger partial charge >= 0.3 is 0 Å². The molecule has 25 heavy (non-hydrogen) atoms. The topological polar surface area (TPSA) is 42.0 Å². The number of amides is 1. The zero-order chi connectivity index (χ0) is 17.4. The number of anilines is 1. The molecule has 3 heteroatoms. The smallest absolute Gasteiger partial charge is 0.228 e. The molecule has 1 aromatic heterocycles. The highest BCUT2D eigenvalue weighted by atomic mass is 16.1. The van der Waals surface area contributed by atoms with Gasteiger partial charge in [0, 0.05) is 16.8 Å². The molecule has 1 N–H and O–H groups in total. The lowest BCUT2D eigenvalue weighted by Crippen LogP contribution is -2.16. The molecule has 3 nitrogen and oxygen atoms in total. The summed E-state index contributed by atoms with van der Waals surface area (Å²) < 4.78 is 0. The van der Waals surface area contributed by atoms with Crippen LogP contribution in [0.1, 0.15) is 34.4 Å². The Balaban J connectivity index is 1.57. The minimum atomic E-state index is 0.0150. The van der Waals surface area contributed by atoms with E-state index in [9.17, 15) is 4.79 Å². The minimum Gasteiger partial charge on any atom is -0.326 e. The molecule has 0 fully saturated rings. The lowest BCUT2D eigenvalue weighted by molar-refractivity contribution is -0.115. The van der Waals surface area contributed by atoms with Crippen molar-refractivity contribution in [2.45, 2.75) is 39.5 Å². The number of hydrogen-bond donors (Lipinski definition) is 1. The zero-order valence-corrected chi connectivity index (χ0v) is 14.7. The first-order valence-electron chi connectivity index (χ1n) is 8.88. The van der Waals surface area contributed by atoms with Crippen molar-refractivity contribution in [3.05, 3.63) is 70.4 Å². The monoisotopic (exact) mass is 330 g/mol. The number of carbonyl (C=O) groups excluding carboxylic acids is 1. The molecule has 0 atom stereocenters. The Labute approximate surface area is 148 Å². The van der Waals surface area contributed by atoms with E-state index in [0.717, 1.165) is 46.3 Å². The van der Waals surface area contributed by atoms with Gasteiger partial charge in [0.05, 0.1) is 11.9 Å². The van der Waals surface area contributed by atoms with Crippen molar-refractivity contribution in [2.24, 2.45) is 0 Å². The van der Waals surface area contributed by atoms with E-state index in [1.54, 1.807) is 0 Å². The third-order valence-electron chi connectivity index (χ3n) is 5.21. The first-order chi connectivity index (χ1) is 12.1. The summed E-state index contributed by atoms with van der Waals surface area (Å²) >= 11 is 0. The molecule has 0 spiro atoms. The maximum absolute atomic E-state index is 12.6. The molecule has 1 heterocycles. The molecule has 126 valence electrons. The quantitative estimate of drug-likeness (QED) is 0.767. The summed E-state index contributed by atoms with van der Waals surface area (Å²) in [5.41, 5.74) is 7.78. The minimum absolute atomic E-state index is 0.0150. The van der Waals surface area contributed by atoms with Gasteiger partial charge < -0.3 is 5.32 Å². The zero-order valence-electron chi connectivity index (χ0n) is 14.7. The van der Waals surface area contributed by atoms with Gasteiger partial charge in [0.1, 0.15) is 0 Å². The second-order valence-corrected chi connectivity index (χ2v) is 6.88. The van der Waals surface area contributed by atoms with Gasteiger partial charge in [-0.05, 0) is 73.6 Å². The standard InChI is InChI=1S/C22H22N2O/c1-14-19-8-3-4-9-21(19)23-15(2)20(14)13-22(25)24-18-11-10-16-6-5-7-17(16)12-18/h3-4,8-12H,5-7,13H2,1-2H3,(H,24,25). The van der Waals surface area contributed by atoms with E-state index in [1.165, 1.54) is 17.5 Å². The van der Waals surface area contributed by atoms with Crippen LogP contribution in [0, 0.1) is 13.8 Å². The first-order valence-corrected chi connectivity index (χ1v) is 8.88. The van der Waals surface area contributed by atoms with Crippen LogP contribution in [-0.4, -0.2) is 10.9 Å². The van der Waals surface area contributed by atoms with E-state index in [1.807, 2.05) is 31.2 Å². The maximum Gasteiger partial charge on any atom is 0.228 e. The van der Waals surface area contributed by atoms with Crippen LogP contribution in [0.15, 0.2) is 42.5 Å². The molecular weight excluding hydrogens is 308 g/mol. The van der Waals surface area contributed by atoms with Crippen LogP contribution in [0.2, 0.25) is 0 Å². The number of nitrogens with one attached hydrogen (secondary N) is 1. The Kier molecular flexibility index (Phi) is 4.00. The number of aromatic nitrogens is 1. The molecule has 1 amide bonds. The highest BCUT2D eigenvalue weighted by molar-refractivity contribution is 5.94. The van der Waals surface area contributed by atoms with Gasteiger partial charge in [-0.1, -0.05) is 24.3 Å². The second kappa shape index (κ2) is 6.32. The summed E-state index contributed by atoms with van der Waals surface area (Å²) in [6.07, 6.45) is 3.84. The largest absolute Gasteiger partial charge is 0.326 e. The summed E-state index contributed by atoms with van der Waals surface area (Å²) in [6, 6.07) is 14.4. The summed E-state index contributed by atoms with van der Waals surface area (Å²) in [6.45, 7) is 4.06. The number of pyridine rings is 1. The van der Waals surface area contributed by atoms with Gasteiger partial charge in [0.15, 0.2) is 0 Å². The Bertz CT molecular complexity index is 975. The lowest BCUT2D eigenvalue weighted by atomic mass is 9.99. The fraction of sp³-hybridized carbons (Fsp3) is 0.273. The average molecular weight is 330 g/mol. The normalized spacial score (nSPS) is 13.0. The summed E-state index contributed by atoms with van der Waals surface area (Å²) in [5, 5.41) is 4.17. The number of aryl methyl sites for hydroxylation is 4. The molecular formula is C22H22N2O. The van der Waals surface area contributed by atoms with Gasteiger partial charge in [-0.3, -0.25) is 9.78 Å². The Morgan fingerprint density at radius 1 is 1.08 bits per heavy atom. The predicted molar refractivity (Wildman–Crippen MR) is 102 cm³/mol. The van der Waals surface area contributed by atoms with Gasteiger partial charge in [-0.15, -0.1) is 0 Å². The van der Waals surface area contributed by atoms with Crippen LogP contribution < -0.4 is 5.32 Å². The molecule has 3 aromatic rings. The van der Waals surface area contributed by atoms with Crippen molar-refractivity contribution < 1.29 is 4.79 Å². The summed E-state index contributed by atoms with van der Waals surface area (Å²) in [7, 11) is 0. The van der Waals surface area contributed by atoms with E-state index in [0.29, 0.717) is 6.42 Å². The average Bonchev–Trinajstić information content (AvgIpc) is 3.06. The Morgan fingerprint density at radius 2 is 1.88 bits per heavy atom. The summed E-state index contributed by atoms with van der Waals surface area (Å²) in [4.78, 5) is 17.2. The van der Waals surface area contributed by atoms with Crippen molar-refractivity contribution in [3.63, 3.8) is 0 Å². The molecule has 1 aliphatic carbocycles. The number of hydrogen-bond acceptors (Lipinski definition) is 2. The third kappa shape index (κ3) is 3.02. The van der Waals surface area contributed by atoms with Gasteiger partial charge in [0.25, 0.3) is 0 Å². The fourth-order valence-corrected chi connectivity index (χ4v) is 3.85. The predicted octanol–water partition coefficient (Wildman–Crippen LogP) is 4.52. The van der Waals surface area contributed by atoms with E-state index < -0.39 is 0 Å². The van der Waals surface area contributed by atoms with E-state index in [2.05, 4.69) is 35.4 Å². The highest BCUT2D eigenvalue weighted by Crippen LogP contribution is 2.26. The number of fused-ring (bicyclic) bond motifs is 2. The molecule has 0 saturated heterocycles. The van der Waals surface area contributed by atoms with Crippen molar-refractivity contribution in [3.8, 4) is 0 Å². The Hall–Kier alpha value is -2.68. The maximum atomic E-state index is 12.6. The number of rotatable bonds is 3. The van der Waals surface area contributed by atoms with Crippen LogP contribution in [0.4, 0.5) is 5.69 Å². The second-order valence-electron chi connectivity index (χ2n) is 6.88. The molecule has 0 unspecified atom stereocenters. The van der Waals surface area contributed by atoms with Gasteiger partial charge in [-0.25, -0.2) is 0 Å². The highest BCUT2D eigenvalue weighted by Gasteiger charge is 2.15. The molecule has 0 saturated carbocycles. The van der Waals surface area contributed by atoms with Gasteiger partial charge in [0.2, 0.25) is 5.91 Å². The van der Waals surface area contributed by atoms with Crippen LogP contribution in [0.5, 0.6) is 0 Å². The number of benzene rings is 2. The lowest BCUT2D eigenvalue weighted by Gasteiger charge is -2.13. The SMILES string of the molecule is Cc1nc2ccccc2c(C)c1CC(=O)Nc1ccc2c(c1)CCC2. The van der Waals surface area contributed by atoms with Crippen LogP contribution >= 0.6 is 0 Å². The molecule has 0 aliphatic heterocycles. The number of carbonyl (C=O) groups is 1. The molecule has 0 bridgehead atoms. The first kappa shape index (κ1) is 15.8. The molecule has 1 aliphatic rings. The van der Waals surface area contributed by atoms with Crippen molar-refractivity contribution >= 4 is 22.5 Å². The molecule has 4 rings (SSSR count). The van der Waals surface area contributed by atoms with E-state index >= 15 is 0 Å². The van der Waals surface area contributed by atoms with Crippen molar-refractivity contribution in [1.29, 1.82) is 0 Å². The van der Waals surface area contributed by atoms with Gasteiger partial charge in [-0.2, -0.15) is 0 Å². The van der Waals surface area contributed by atoms with E-state index in [-0.39, 0.29) is 5.91 Å². The van der Waals surface area contributed by atoms with E-state index in [4.69, 9.17) is 0 Å². The molecule has 0 radical (unpaired) electrons. The van der Waals surface area contributed by atoms with Crippen LogP contribution in [-0.2, 0) is 24.1 Å².